The Morgan fingerprint density at radius 2 is 1.70 bits per heavy atom. The molecule has 0 saturated heterocycles. The molecule has 4 nitrogen and oxygen atoms in total. The van der Waals surface area contributed by atoms with Crippen LogP contribution in [-0.2, 0) is 10.3 Å². The lowest BCUT2D eigenvalue weighted by atomic mass is 9.95. The van der Waals surface area contributed by atoms with E-state index < -0.39 is 46.0 Å². The number of aromatic carboxylic acids is 1. The van der Waals surface area contributed by atoms with Crippen LogP contribution in [0.25, 0.3) is 11.3 Å². The molecule has 0 radical (unpaired) electrons. The second kappa shape index (κ2) is 6.00. The molecule has 1 aromatic heterocycles. The van der Waals surface area contributed by atoms with Crippen LogP contribution >= 0.6 is 0 Å². The molecule has 0 spiro atoms. The lowest BCUT2D eigenvalue weighted by molar-refractivity contribution is 0.0187. The monoisotopic (exact) mass is 325 g/mol. The number of benzene rings is 1. The van der Waals surface area contributed by atoms with Gasteiger partial charge in [-0.25, -0.2) is 22.9 Å². The van der Waals surface area contributed by atoms with Crippen molar-refractivity contribution >= 4 is 5.97 Å². The van der Waals surface area contributed by atoms with E-state index in [2.05, 4.69) is 4.98 Å². The Labute approximate surface area is 130 Å². The van der Waals surface area contributed by atoms with Crippen molar-refractivity contribution < 1.29 is 27.8 Å². The summed E-state index contributed by atoms with van der Waals surface area (Å²) in [7, 11) is 1.39. The van der Waals surface area contributed by atoms with E-state index in [9.17, 15) is 18.0 Å². The third-order valence-electron chi connectivity index (χ3n) is 3.55. The predicted molar refractivity (Wildman–Crippen MR) is 76.5 cm³/mol. The fourth-order valence-corrected chi connectivity index (χ4v) is 2.00. The fraction of sp³-hybridized carbons (Fsp3) is 0.250. The molecule has 0 aliphatic heterocycles. The number of pyridine rings is 1. The van der Waals surface area contributed by atoms with E-state index >= 15 is 0 Å². The Kier molecular flexibility index (Phi) is 4.42. The van der Waals surface area contributed by atoms with Gasteiger partial charge in [-0.1, -0.05) is 0 Å². The summed E-state index contributed by atoms with van der Waals surface area (Å²) in [6, 6.07) is 3.74. The quantitative estimate of drug-likeness (QED) is 0.930. The maximum atomic E-state index is 14.3. The fourth-order valence-electron chi connectivity index (χ4n) is 2.00. The normalized spacial score (nSPS) is 11.6. The molecule has 2 rings (SSSR count). The Bertz CT molecular complexity index is 752. The van der Waals surface area contributed by atoms with E-state index in [0.29, 0.717) is 0 Å². The average Bonchev–Trinajstić information content (AvgIpc) is 2.48. The largest absolute Gasteiger partial charge is 0.477 e. The molecule has 0 fully saturated rings. The number of carboxylic acids is 1. The third-order valence-corrected chi connectivity index (χ3v) is 3.55. The number of carbonyl (C=O) groups is 1. The van der Waals surface area contributed by atoms with Crippen molar-refractivity contribution in [1.29, 1.82) is 0 Å². The van der Waals surface area contributed by atoms with Crippen LogP contribution in [0.1, 0.15) is 29.9 Å². The van der Waals surface area contributed by atoms with E-state index in [1.54, 1.807) is 13.8 Å². The molecule has 0 unspecified atom stereocenters. The molecular formula is C16H14F3NO3. The summed E-state index contributed by atoms with van der Waals surface area (Å²) in [6.07, 6.45) is 0. The lowest BCUT2D eigenvalue weighted by Crippen LogP contribution is -2.20. The number of aromatic nitrogens is 1. The highest BCUT2D eigenvalue weighted by Gasteiger charge is 2.26. The Morgan fingerprint density at radius 3 is 2.17 bits per heavy atom. The zero-order chi connectivity index (χ0) is 17.4. The van der Waals surface area contributed by atoms with Gasteiger partial charge in [-0.15, -0.1) is 0 Å². The summed E-state index contributed by atoms with van der Waals surface area (Å²) < 4.78 is 47.7. The van der Waals surface area contributed by atoms with Crippen LogP contribution in [0.15, 0.2) is 24.3 Å². The summed E-state index contributed by atoms with van der Waals surface area (Å²) >= 11 is 0. The minimum Gasteiger partial charge on any atom is -0.477 e. The van der Waals surface area contributed by atoms with Crippen molar-refractivity contribution in [2.24, 2.45) is 0 Å². The van der Waals surface area contributed by atoms with Gasteiger partial charge < -0.3 is 9.84 Å². The number of rotatable bonds is 4. The molecule has 23 heavy (non-hydrogen) atoms. The maximum Gasteiger partial charge on any atom is 0.354 e. The number of nitrogens with zero attached hydrogens (tertiary/aromatic N) is 1. The smallest absolute Gasteiger partial charge is 0.354 e. The minimum atomic E-state index is -1.43. The van der Waals surface area contributed by atoms with Gasteiger partial charge in [-0.2, -0.15) is 0 Å². The minimum absolute atomic E-state index is 0.216. The van der Waals surface area contributed by atoms with Gasteiger partial charge in [0, 0.05) is 7.11 Å². The zero-order valence-electron chi connectivity index (χ0n) is 12.7. The van der Waals surface area contributed by atoms with Crippen molar-refractivity contribution in [1.82, 2.24) is 4.98 Å². The van der Waals surface area contributed by atoms with Crippen molar-refractivity contribution in [2.75, 3.05) is 7.11 Å². The summed E-state index contributed by atoms with van der Waals surface area (Å²) in [4.78, 5) is 14.4. The highest BCUT2D eigenvalue weighted by atomic mass is 19.1. The van der Waals surface area contributed by atoms with E-state index in [0.717, 1.165) is 24.3 Å². The van der Waals surface area contributed by atoms with Gasteiger partial charge in [0.1, 0.15) is 28.8 Å². The first kappa shape index (κ1) is 17.0. The van der Waals surface area contributed by atoms with Gasteiger partial charge in [-0.3, -0.25) is 0 Å². The van der Waals surface area contributed by atoms with Gasteiger partial charge in [0.2, 0.25) is 0 Å². The number of ether oxygens (including phenoxy) is 1. The van der Waals surface area contributed by atoms with Gasteiger partial charge >= 0.3 is 5.97 Å². The van der Waals surface area contributed by atoms with E-state index in [1.165, 1.54) is 7.11 Å². The van der Waals surface area contributed by atoms with Crippen LogP contribution in [0, 0.1) is 17.5 Å². The topological polar surface area (TPSA) is 59.4 Å². The molecule has 0 bridgehead atoms. The van der Waals surface area contributed by atoms with E-state index in [4.69, 9.17) is 9.84 Å². The van der Waals surface area contributed by atoms with Crippen molar-refractivity contribution in [3.05, 3.63) is 53.0 Å². The van der Waals surface area contributed by atoms with Crippen LogP contribution in [0.3, 0.4) is 0 Å². The van der Waals surface area contributed by atoms with Gasteiger partial charge in [0.25, 0.3) is 0 Å². The van der Waals surface area contributed by atoms with E-state index in [1.807, 2.05) is 0 Å². The Hall–Kier alpha value is -2.41. The molecular weight excluding hydrogens is 311 g/mol. The Morgan fingerprint density at radius 1 is 1.13 bits per heavy atom. The molecule has 1 heterocycles. The lowest BCUT2D eigenvalue weighted by Gasteiger charge is -2.24. The third kappa shape index (κ3) is 3.19. The van der Waals surface area contributed by atoms with E-state index in [-0.39, 0.29) is 5.56 Å². The molecule has 0 aliphatic carbocycles. The van der Waals surface area contributed by atoms with Gasteiger partial charge in [0.15, 0.2) is 0 Å². The molecule has 7 heteroatoms. The summed E-state index contributed by atoms with van der Waals surface area (Å²) in [6.45, 7) is 3.23. The summed E-state index contributed by atoms with van der Waals surface area (Å²) in [5.74, 6) is -4.56. The van der Waals surface area contributed by atoms with Crippen LogP contribution in [0.5, 0.6) is 0 Å². The van der Waals surface area contributed by atoms with Crippen LogP contribution < -0.4 is 0 Å². The molecule has 0 atom stereocenters. The van der Waals surface area contributed by atoms with Crippen molar-refractivity contribution in [3.8, 4) is 11.3 Å². The molecule has 0 aliphatic rings. The summed E-state index contributed by atoms with van der Waals surface area (Å²) in [5.41, 5.74) is -2.66. The standard InChI is InChI=1S/C16H14F3NO3/c1-16(2,23-3)8-6-10(18)13(11(19)7-8)14-9(17)4-5-12(20-14)15(21)22/h4-7H,1-3H3,(H,21,22). The predicted octanol–water partition coefficient (Wildman–Crippen LogP) is 3.75. The Balaban J connectivity index is 2.66. The number of halogens is 3. The second-order valence-electron chi connectivity index (χ2n) is 5.36. The highest BCUT2D eigenvalue weighted by molar-refractivity contribution is 5.86. The zero-order valence-corrected chi connectivity index (χ0v) is 12.7. The average molecular weight is 325 g/mol. The van der Waals surface area contributed by atoms with Crippen LogP contribution in [0.2, 0.25) is 0 Å². The highest BCUT2D eigenvalue weighted by Crippen LogP contribution is 2.32. The first-order valence-electron chi connectivity index (χ1n) is 6.62. The number of hydrogen-bond donors (Lipinski definition) is 1. The first-order chi connectivity index (χ1) is 10.7. The SMILES string of the molecule is COC(C)(C)c1cc(F)c(-c2nc(C(=O)O)ccc2F)c(F)c1. The van der Waals surface area contributed by atoms with Crippen LogP contribution in [0.4, 0.5) is 13.2 Å². The molecule has 2 aromatic rings. The summed E-state index contributed by atoms with van der Waals surface area (Å²) in [5, 5.41) is 8.88. The van der Waals surface area contributed by atoms with Gasteiger partial charge in [0.05, 0.1) is 11.2 Å². The number of methoxy groups -OCH3 is 1. The molecule has 122 valence electrons. The van der Waals surface area contributed by atoms with Gasteiger partial charge in [-0.05, 0) is 43.7 Å². The molecule has 1 N–H and O–H groups in total. The first-order valence-corrected chi connectivity index (χ1v) is 6.62. The molecule has 0 amide bonds. The number of hydrogen-bond acceptors (Lipinski definition) is 3. The maximum absolute atomic E-state index is 14.3. The van der Waals surface area contributed by atoms with Crippen LogP contribution in [-0.4, -0.2) is 23.2 Å². The second-order valence-corrected chi connectivity index (χ2v) is 5.36. The number of carboxylic acid groups (broad SMARTS) is 1. The van der Waals surface area contributed by atoms with Crippen molar-refractivity contribution in [3.63, 3.8) is 0 Å². The van der Waals surface area contributed by atoms with Crippen molar-refractivity contribution in [2.45, 2.75) is 19.4 Å². The molecule has 1 aromatic carbocycles. The molecule has 0 saturated carbocycles.